The molecule has 0 aromatic heterocycles. The molecule has 2 aromatic rings. The van der Waals surface area contributed by atoms with Crippen LogP contribution in [0.2, 0.25) is 0 Å². The number of benzene rings is 2. The fourth-order valence-corrected chi connectivity index (χ4v) is 1.97. The Labute approximate surface area is 167 Å². The Morgan fingerprint density at radius 3 is 1.96 bits per heavy atom. The molecule has 0 bridgehead atoms. The summed E-state index contributed by atoms with van der Waals surface area (Å²) in [5.41, 5.74) is 7.59. The number of carbonyl (C=O) groups excluding carboxylic acids is 2. The van der Waals surface area contributed by atoms with E-state index in [1.807, 2.05) is 44.2 Å². The lowest BCUT2D eigenvalue weighted by atomic mass is 10.1. The molecular formula is C23H28N2O3. The van der Waals surface area contributed by atoms with Crippen molar-refractivity contribution in [2.24, 2.45) is 5.73 Å². The van der Waals surface area contributed by atoms with Crippen LogP contribution in [0.1, 0.15) is 35.3 Å². The Kier molecular flexibility index (Phi) is 13.0. The predicted molar refractivity (Wildman–Crippen MR) is 114 cm³/mol. The molecule has 0 aliphatic heterocycles. The molecule has 1 unspecified atom stereocenters. The second-order valence-electron chi connectivity index (χ2n) is 4.98. The molecule has 1 amide bonds. The molecule has 0 aliphatic carbocycles. The molecule has 0 saturated heterocycles. The molecule has 0 heterocycles. The minimum atomic E-state index is -0.861. The summed E-state index contributed by atoms with van der Waals surface area (Å²) in [4.78, 5) is 23.6. The van der Waals surface area contributed by atoms with Gasteiger partial charge in [0.25, 0.3) is 5.91 Å². The lowest BCUT2D eigenvalue weighted by molar-refractivity contribution is -0.142. The van der Waals surface area contributed by atoms with Crippen molar-refractivity contribution in [3.8, 4) is 11.8 Å². The molecule has 5 heteroatoms. The first kappa shape index (κ1) is 24.6. The molecule has 0 spiro atoms. The fourth-order valence-electron chi connectivity index (χ4n) is 1.97. The summed E-state index contributed by atoms with van der Waals surface area (Å²) in [6, 6.07) is 15.6. The number of ether oxygens (including phenoxy) is 1. The summed E-state index contributed by atoms with van der Waals surface area (Å²) in [6.45, 7) is 9.97. The van der Waals surface area contributed by atoms with Crippen LogP contribution in [-0.4, -0.2) is 31.6 Å². The van der Waals surface area contributed by atoms with Gasteiger partial charge in [0.05, 0.1) is 7.11 Å². The van der Waals surface area contributed by atoms with Gasteiger partial charge in [-0.15, -0.1) is 13.2 Å². The fraction of sp³-hybridized carbons (Fsp3) is 0.217. The minimum absolute atomic E-state index is 0.0287. The second kappa shape index (κ2) is 14.8. The van der Waals surface area contributed by atoms with Crippen LogP contribution < -0.4 is 11.1 Å². The molecule has 1 atom stereocenters. The Balaban J connectivity index is 0.00000171. The second-order valence-corrected chi connectivity index (χ2v) is 4.98. The van der Waals surface area contributed by atoms with Crippen LogP contribution in [0.4, 0.5) is 0 Å². The van der Waals surface area contributed by atoms with Gasteiger partial charge < -0.3 is 15.8 Å². The van der Waals surface area contributed by atoms with E-state index in [9.17, 15) is 9.59 Å². The van der Waals surface area contributed by atoms with Crippen molar-refractivity contribution in [2.75, 3.05) is 13.7 Å². The third kappa shape index (κ3) is 8.35. The molecule has 0 aliphatic rings. The molecule has 5 nitrogen and oxygen atoms in total. The van der Waals surface area contributed by atoms with Gasteiger partial charge >= 0.3 is 5.97 Å². The molecule has 3 N–H and O–H groups in total. The molecule has 0 saturated carbocycles. The van der Waals surface area contributed by atoms with Crippen molar-refractivity contribution in [1.82, 2.24) is 5.32 Å². The number of methoxy groups -OCH3 is 1. The van der Waals surface area contributed by atoms with E-state index in [-0.39, 0.29) is 6.54 Å². The molecule has 2 aromatic carbocycles. The van der Waals surface area contributed by atoms with Crippen molar-refractivity contribution in [3.05, 3.63) is 84.4 Å². The highest BCUT2D eigenvalue weighted by Crippen LogP contribution is 2.05. The summed E-state index contributed by atoms with van der Waals surface area (Å²) in [5, 5.41) is 2.54. The van der Waals surface area contributed by atoms with Crippen LogP contribution in [0, 0.1) is 11.8 Å². The minimum Gasteiger partial charge on any atom is -0.467 e. The van der Waals surface area contributed by atoms with Crippen molar-refractivity contribution in [2.45, 2.75) is 19.9 Å². The lowest BCUT2D eigenvalue weighted by Gasteiger charge is -2.14. The van der Waals surface area contributed by atoms with Crippen molar-refractivity contribution in [3.63, 3.8) is 0 Å². The average Bonchev–Trinajstić information content (AvgIpc) is 2.79. The zero-order valence-corrected chi connectivity index (χ0v) is 16.7. The van der Waals surface area contributed by atoms with Gasteiger partial charge in [-0.2, -0.15) is 0 Å². The van der Waals surface area contributed by atoms with E-state index < -0.39 is 17.9 Å². The summed E-state index contributed by atoms with van der Waals surface area (Å²) in [6.07, 6.45) is 0. The quantitative estimate of drug-likeness (QED) is 0.485. The number of nitrogens with two attached hydrogens (primary N) is 1. The number of carbonyl (C=O) groups is 2. The van der Waals surface area contributed by atoms with E-state index in [1.165, 1.54) is 7.11 Å². The smallest absolute Gasteiger partial charge is 0.329 e. The molecule has 2 rings (SSSR count). The van der Waals surface area contributed by atoms with Crippen molar-refractivity contribution >= 4 is 11.9 Å². The highest BCUT2D eigenvalue weighted by molar-refractivity contribution is 5.96. The van der Waals surface area contributed by atoms with Gasteiger partial charge in [-0.05, 0) is 36.4 Å². The SMILES string of the molecule is C=C.CC.COC(=O)C(CN)NC(=O)c1ccc(C#Cc2ccccc2)cc1. The van der Waals surface area contributed by atoms with Crippen molar-refractivity contribution in [1.29, 1.82) is 0 Å². The first-order valence-corrected chi connectivity index (χ1v) is 8.90. The number of hydrogen-bond acceptors (Lipinski definition) is 4. The largest absolute Gasteiger partial charge is 0.467 e. The third-order valence-electron chi connectivity index (χ3n) is 3.30. The molecule has 28 heavy (non-hydrogen) atoms. The van der Waals surface area contributed by atoms with Crippen LogP contribution in [0.3, 0.4) is 0 Å². The van der Waals surface area contributed by atoms with Crippen LogP contribution in [-0.2, 0) is 9.53 Å². The number of esters is 1. The molecule has 0 fully saturated rings. The Morgan fingerprint density at radius 1 is 1.00 bits per heavy atom. The van der Waals surface area contributed by atoms with Crippen LogP contribution >= 0.6 is 0 Å². The average molecular weight is 380 g/mol. The standard InChI is InChI=1S/C19H18N2O3.C2H6.C2H4/c1-24-19(23)17(13-20)21-18(22)16-11-9-15(10-12-16)8-7-14-5-3-2-4-6-14;2*1-2/h2-6,9-12,17H,13,20H2,1H3,(H,21,22);1-2H3;1-2H2. The van der Waals surface area contributed by atoms with Gasteiger partial charge in [0, 0.05) is 23.2 Å². The monoisotopic (exact) mass is 380 g/mol. The van der Waals surface area contributed by atoms with E-state index in [4.69, 9.17) is 5.73 Å². The van der Waals surface area contributed by atoms with Gasteiger partial charge in [-0.25, -0.2) is 4.79 Å². The summed E-state index contributed by atoms with van der Waals surface area (Å²) in [7, 11) is 1.25. The van der Waals surface area contributed by atoms with Gasteiger partial charge in [-0.3, -0.25) is 4.79 Å². The van der Waals surface area contributed by atoms with Gasteiger partial charge in [0.1, 0.15) is 6.04 Å². The van der Waals surface area contributed by atoms with E-state index >= 15 is 0 Å². The van der Waals surface area contributed by atoms with Crippen molar-refractivity contribution < 1.29 is 14.3 Å². The molecule has 148 valence electrons. The number of hydrogen-bond donors (Lipinski definition) is 2. The van der Waals surface area contributed by atoms with E-state index in [1.54, 1.807) is 24.3 Å². The number of amides is 1. The number of rotatable bonds is 4. The van der Waals surface area contributed by atoms with Gasteiger partial charge in [-0.1, -0.05) is 43.9 Å². The topological polar surface area (TPSA) is 81.4 Å². The van der Waals surface area contributed by atoms with Crippen LogP contribution in [0.5, 0.6) is 0 Å². The zero-order valence-electron chi connectivity index (χ0n) is 16.7. The Bertz CT molecular complexity index is 775. The maximum atomic E-state index is 12.1. The summed E-state index contributed by atoms with van der Waals surface area (Å²) >= 11 is 0. The maximum absolute atomic E-state index is 12.1. The Morgan fingerprint density at radius 2 is 1.50 bits per heavy atom. The first-order valence-electron chi connectivity index (χ1n) is 8.90. The highest BCUT2D eigenvalue weighted by atomic mass is 16.5. The first-order chi connectivity index (χ1) is 13.6. The lowest BCUT2D eigenvalue weighted by Crippen LogP contribution is -2.46. The Hall–Kier alpha value is -3.36. The normalized spacial score (nSPS) is 9.71. The van der Waals surface area contributed by atoms with E-state index in [0.29, 0.717) is 5.56 Å². The highest BCUT2D eigenvalue weighted by Gasteiger charge is 2.20. The zero-order chi connectivity index (χ0) is 21.4. The van der Waals surface area contributed by atoms with E-state index in [2.05, 4.69) is 35.1 Å². The summed E-state index contributed by atoms with van der Waals surface area (Å²) in [5.74, 6) is 5.11. The third-order valence-corrected chi connectivity index (χ3v) is 3.30. The summed E-state index contributed by atoms with van der Waals surface area (Å²) < 4.78 is 4.58. The van der Waals surface area contributed by atoms with Crippen LogP contribution in [0.25, 0.3) is 0 Å². The maximum Gasteiger partial charge on any atom is 0.329 e. The molecular weight excluding hydrogens is 352 g/mol. The predicted octanol–water partition coefficient (Wildman–Crippen LogP) is 3.14. The van der Waals surface area contributed by atoms with Crippen LogP contribution in [0.15, 0.2) is 67.8 Å². The molecule has 0 radical (unpaired) electrons. The number of nitrogens with one attached hydrogen (secondary N) is 1. The van der Waals surface area contributed by atoms with Gasteiger partial charge in [0.15, 0.2) is 0 Å². The van der Waals surface area contributed by atoms with Gasteiger partial charge in [0.2, 0.25) is 0 Å². The van der Waals surface area contributed by atoms with E-state index in [0.717, 1.165) is 11.1 Å².